The van der Waals surface area contributed by atoms with Gasteiger partial charge >= 0.3 is 0 Å². The maximum atomic E-state index is 14.3. The summed E-state index contributed by atoms with van der Waals surface area (Å²) in [4.78, 5) is 38.4. The molecule has 16 nitrogen and oxygen atoms in total. The van der Waals surface area contributed by atoms with E-state index in [4.69, 9.17) is 18.9 Å². The highest BCUT2D eigenvalue weighted by molar-refractivity contribution is 8.00. The molecule has 18 heteroatoms. The van der Waals surface area contributed by atoms with Crippen molar-refractivity contribution in [2.45, 2.75) is 111 Å². The number of fused-ring (bicyclic) bond motifs is 2. The Labute approximate surface area is 406 Å². The van der Waals surface area contributed by atoms with E-state index in [1.54, 1.807) is 30.5 Å². The molecule has 1 spiro atoms. The molecule has 5 aliphatic rings. The summed E-state index contributed by atoms with van der Waals surface area (Å²) in [5.41, 5.74) is 3.11. The third-order valence-corrected chi connectivity index (χ3v) is 18.1. The van der Waals surface area contributed by atoms with Crippen LogP contribution in [0.1, 0.15) is 106 Å². The van der Waals surface area contributed by atoms with Gasteiger partial charge in [0.1, 0.15) is 28.6 Å². The number of methoxy groups -OCH3 is 1. The molecule has 3 N–H and O–H groups in total. The number of nitrogens with one attached hydrogen (secondary N) is 2. The lowest BCUT2D eigenvalue weighted by atomic mass is 9.59. The van der Waals surface area contributed by atoms with E-state index in [1.807, 2.05) is 13.0 Å². The van der Waals surface area contributed by atoms with Crippen LogP contribution in [-0.2, 0) is 14.8 Å². The van der Waals surface area contributed by atoms with E-state index in [2.05, 4.69) is 62.6 Å². The number of carbonyl (C=O) groups excluding carboxylic acids is 1. The monoisotopic (exact) mass is 980 g/mol. The molecule has 0 radical (unpaired) electrons. The summed E-state index contributed by atoms with van der Waals surface area (Å²) < 4.78 is 54.5. The molecular formula is C51H60N6O10S2. The quantitative estimate of drug-likeness (QED) is 0.0790. The number of thioether (sulfide) groups is 1. The first-order chi connectivity index (χ1) is 33.1. The number of aliphatic hydroxyl groups is 1. The number of sulfonamides is 1. The summed E-state index contributed by atoms with van der Waals surface area (Å²) in [7, 11) is -3.23. The molecule has 2 aliphatic carbocycles. The molecule has 2 saturated carbocycles. The van der Waals surface area contributed by atoms with Gasteiger partial charge in [0.2, 0.25) is 0 Å². The van der Waals surface area contributed by atoms with Crippen molar-refractivity contribution in [1.29, 1.82) is 0 Å². The normalized spacial score (nSPS) is 24.1. The maximum absolute atomic E-state index is 14.3. The Morgan fingerprint density at radius 2 is 1.78 bits per heavy atom. The first-order valence-electron chi connectivity index (χ1n) is 24.0. The third kappa shape index (κ3) is 9.50. The largest absolute Gasteiger partial charge is 0.491 e. The summed E-state index contributed by atoms with van der Waals surface area (Å²) >= 11 is 1.30. The first kappa shape index (κ1) is 47.3. The van der Waals surface area contributed by atoms with Gasteiger partial charge in [0, 0.05) is 66.4 Å². The maximum Gasteiger partial charge on any atom is 0.288 e. The number of morpholine rings is 1. The molecule has 3 aliphatic heterocycles. The Kier molecular flexibility index (Phi) is 12.8. The first-order valence-corrected chi connectivity index (χ1v) is 26.4. The number of aromatic amines is 1. The molecule has 2 atom stereocenters. The average molecular weight is 981 g/mol. The molecule has 10 rings (SSSR count). The van der Waals surface area contributed by atoms with Crippen molar-refractivity contribution in [3.8, 4) is 23.1 Å². The summed E-state index contributed by atoms with van der Waals surface area (Å²) in [6, 6.07) is 20.3. The lowest BCUT2D eigenvalue weighted by molar-refractivity contribution is -0.388. The van der Waals surface area contributed by atoms with Gasteiger partial charge in [0.05, 0.1) is 47.3 Å². The zero-order chi connectivity index (χ0) is 48.2. The number of carbonyl (C=O) groups is 1. The average Bonchev–Trinajstić information content (AvgIpc) is 3.79. The van der Waals surface area contributed by atoms with E-state index < -0.39 is 37.0 Å². The topological polar surface area (TPSA) is 199 Å². The number of aromatic nitrogens is 2. The van der Waals surface area contributed by atoms with Crippen LogP contribution >= 0.6 is 11.8 Å². The fraction of sp³-hybridized carbons (Fsp3) is 0.490. The van der Waals surface area contributed by atoms with Gasteiger partial charge in [-0.05, 0) is 111 Å². The molecule has 366 valence electrons. The standard InChI is InChI=1S/C51H60N6O10S2/c1-31(2)37-7-5-6-8-38(37)41-29-65-22-21-56(41)35-27-51(28-35)16-19-55(20-17-51)34-9-10-39(42(24-34)67-44-23-33-13-18-52-47(33)53-49(44)64-4)48(58)54-69(62,63)36-25-40(57(60)61)46-43(26-36)66-30-45(68-46)32-11-14-50(3,59)15-12-32/h5-10,13,18,23-26,31-32,35,41,45,59H,11-12,14-17,19-22,27-30H2,1-4H3,(H,52,53)(H,54,58)/t32?,41-,45-,50?/m1/s1. The molecule has 5 heterocycles. The second-order valence-corrected chi connectivity index (χ2v) is 23.1. The number of nitro groups is 1. The van der Waals surface area contributed by atoms with Gasteiger partial charge in [0.15, 0.2) is 5.75 Å². The molecule has 4 fully saturated rings. The predicted molar refractivity (Wildman–Crippen MR) is 262 cm³/mol. The van der Waals surface area contributed by atoms with Crippen LogP contribution in [0.3, 0.4) is 0 Å². The SMILES string of the molecule is COc1nc2[nH]ccc2cc1Oc1cc(N2CCC3(CC2)CC(N2CCOC[C@@H]2c2ccccc2C(C)C)C3)ccc1C(=O)NS(=O)(=O)c1cc2c(c([N+](=O)[O-])c1)S[C@@H](C1CCC(C)(O)CC1)CO2. The van der Waals surface area contributed by atoms with Crippen LogP contribution in [0, 0.1) is 21.4 Å². The Morgan fingerprint density at radius 3 is 2.52 bits per heavy atom. The number of hydrogen-bond acceptors (Lipinski definition) is 14. The van der Waals surface area contributed by atoms with E-state index in [9.17, 15) is 28.4 Å². The number of piperidine rings is 1. The van der Waals surface area contributed by atoms with Gasteiger partial charge in [-0.3, -0.25) is 19.8 Å². The molecule has 69 heavy (non-hydrogen) atoms. The van der Waals surface area contributed by atoms with Crippen LogP contribution < -0.4 is 23.8 Å². The van der Waals surface area contributed by atoms with E-state index in [0.717, 1.165) is 81.9 Å². The number of pyridine rings is 1. The highest BCUT2D eigenvalue weighted by Gasteiger charge is 2.50. The summed E-state index contributed by atoms with van der Waals surface area (Å²) in [5, 5.41) is 23.6. The number of nitrogens with zero attached hydrogens (tertiary/aromatic N) is 4. The van der Waals surface area contributed by atoms with E-state index in [-0.39, 0.29) is 62.8 Å². The smallest absolute Gasteiger partial charge is 0.288 e. The van der Waals surface area contributed by atoms with Crippen LogP contribution in [0.5, 0.6) is 23.1 Å². The fourth-order valence-corrected chi connectivity index (χ4v) is 13.7. The number of nitro benzene ring substituents is 1. The highest BCUT2D eigenvalue weighted by Crippen LogP contribution is 2.54. The van der Waals surface area contributed by atoms with Crippen LogP contribution in [-0.4, -0.2) is 103 Å². The molecule has 1 amide bonds. The van der Waals surface area contributed by atoms with Crippen molar-refractivity contribution in [3.63, 3.8) is 0 Å². The van der Waals surface area contributed by atoms with Gasteiger partial charge in [-0.1, -0.05) is 38.1 Å². The van der Waals surface area contributed by atoms with Crippen molar-refractivity contribution in [1.82, 2.24) is 19.6 Å². The van der Waals surface area contributed by atoms with Gasteiger partial charge in [-0.25, -0.2) is 13.1 Å². The second kappa shape index (κ2) is 18.7. The molecule has 0 unspecified atom stereocenters. The zero-order valence-electron chi connectivity index (χ0n) is 39.4. The Morgan fingerprint density at radius 1 is 1.01 bits per heavy atom. The van der Waals surface area contributed by atoms with Crippen molar-refractivity contribution in [2.24, 2.45) is 11.3 Å². The Bertz CT molecular complexity index is 2860. The minimum Gasteiger partial charge on any atom is -0.491 e. The number of anilines is 1. The highest BCUT2D eigenvalue weighted by atomic mass is 32.2. The number of rotatable bonds is 12. The fourth-order valence-electron chi connectivity index (χ4n) is 11.3. The second-order valence-electron chi connectivity index (χ2n) is 20.1. The number of ether oxygens (including phenoxy) is 4. The third-order valence-electron chi connectivity index (χ3n) is 15.3. The molecular weight excluding hydrogens is 921 g/mol. The van der Waals surface area contributed by atoms with Gasteiger partial charge < -0.3 is 33.9 Å². The van der Waals surface area contributed by atoms with Gasteiger partial charge in [-0.2, -0.15) is 4.98 Å². The van der Waals surface area contributed by atoms with E-state index in [1.165, 1.54) is 36.1 Å². The number of amides is 1. The minimum absolute atomic E-state index is 0.0626. The summed E-state index contributed by atoms with van der Waals surface area (Å²) in [6.07, 6.45) is 8.72. The van der Waals surface area contributed by atoms with Crippen molar-refractivity contribution < 1.29 is 42.2 Å². The van der Waals surface area contributed by atoms with Crippen molar-refractivity contribution in [3.05, 3.63) is 99.7 Å². The van der Waals surface area contributed by atoms with Crippen LogP contribution in [0.25, 0.3) is 11.0 Å². The number of benzene rings is 3. The number of hydrogen-bond donors (Lipinski definition) is 3. The van der Waals surface area contributed by atoms with E-state index in [0.29, 0.717) is 37.1 Å². The van der Waals surface area contributed by atoms with E-state index >= 15 is 0 Å². The van der Waals surface area contributed by atoms with Crippen LogP contribution in [0.2, 0.25) is 0 Å². The van der Waals surface area contributed by atoms with Crippen LogP contribution in [0.4, 0.5) is 11.4 Å². The molecule has 2 aromatic heterocycles. The zero-order valence-corrected chi connectivity index (χ0v) is 41.1. The summed E-state index contributed by atoms with van der Waals surface area (Å²) in [5.74, 6) is 0.106. The molecule has 0 bridgehead atoms. The summed E-state index contributed by atoms with van der Waals surface area (Å²) in [6.45, 7) is 10.5. The lowest BCUT2D eigenvalue weighted by Crippen LogP contribution is -2.58. The van der Waals surface area contributed by atoms with Gasteiger partial charge in [0.25, 0.3) is 27.5 Å². The predicted octanol–water partition coefficient (Wildman–Crippen LogP) is 9.13. The molecule has 2 saturated heterocycles. The lowest BCUT2D eigenvalue weighted by Gasteiger charge is -2.57. The van der Waals surface area contributed by atoms with Crippen molar-refractivity contribution >= 4 is 50.1 Å². The Hall–Kier alpha value is -5.40. The van der Waals surface area contributed by atoms with Gasteiger partial charge in [-0.15, -0.1) is 11.8 Å². The molecule has 5 aromatic rings. The van der Waals surface area contributed by atoms with Crippen LogP contribution in [0.15, 0.2) is 82.7 Å². The Balaban J connectivity index is 0.876. The number of H-pyrrole nitrogens is 1. The molecule has 3 aromatic carbocycles. The van der Waals surface area contributed by atoms with Crippen molar-refractivity contribution in [2.75, 3.05) is 51.5 Å². The minimum atomic E-state index is -4.68.